The van der Waals surface area contributed by atoms with E-state index in [1.165, 1.54) is 4.90 Å². The largest absolute Gasteiger partial charge is 0.343 e. The van der Waals surface area contributed by atoms with E-state index < -0.39 is 6.04 Å². The fraction of sp³-hybridized carbons (Fsp3) is 0.722. The summed E-state index contributed by atoms with van der Waals surface area (Å²) in [5.74, 6) is 1.00. The minimum Gasteiger partial charge on any atom is -0.343 e. The van der Waals surface area contributed by atoms with E-state index in [0.717, 1.165) is 13.0 Å². The molecule has 2 saturated heterocycles. The van der Waals surface area contributed by atoms with Crippen molar-refractivity contribution in [2.75, 3.05) is 26.2 Å². The SMILES string of the molecule is CC(C)c1nc(CN2C(=O)CN(CCCN3CCCC3=O)C(=O)[C@@H]2C)no1. The third kappa shape index (κ3) is 4.28. The van der Waals surface area contributed by atoms with Crippen LogP contribution in [-0.4, -0.2) is 74.8 Å². The van der Waals surface area contributed by atoms with Gasteiger partial charge in [0.05, 0.1) is 13.1 Å². The Kier molecular flexibility index (Phi) is 5.76. The lowest BCUT2D eigenvalue weighted by Gasteiger charge is -2.38. The first-order chi connectivity index (χ1) is 12.9. The number of carbonyl (C=O) groups excluding carboxylic acids is 3. The van der Waals surface area contributed by atoms with E-state index in [2.05, 4.69) is 10.1 Å². The molecule has 3 rings (SSSR count). The van der Waals surface area contributed by atoms with Crippen LogP contribution in [0.1, 0.15) is 57.7 Å². The third-order valence-electron chi connectivity index (χ3n) is 5.10. The maximum Gasteiger partial charge on any atom is 0.245 e. The van der Waals surface area contributed by atoms with Gasteiger partial charge < -0.3 is 19.2 Å². The van der Waals surface area contributed by atoms with Gasteiger partial charge in [0.2, 0.25) is 23.6 Å². The number of hydrogen-bond donors (Lipinski definition) is 0. The molecule has 0 aliphatic carbocycles. The number of nitrogens with zero attached hydrogens (tertiary/aromatic N) is 5. The Labute approximate surface area is 158 Å². The van der Waals surface area contributed by atoms with Crippen LogP contribution < -0.4 is 0 Å². The fourth-order valence-electron chi connectivity index (χ4n) is 3.47. The van der Waals surface area contributed by atoms with E-state index in [9.17, 15) is 14.4 Å². The van der Waals surface area contributed by atoms with Crippen LogP contribution in [0, 0.1) is 0 Å². The molecular weight excluding hydrogens is 350 g/mol. The van der Waals surface area contributed by atoms with Gasteiger partial charge in [-0.25, -0.2) is 0 Å². The van der Waals surface area contributed by atoms with Crippen molar-refractivity contribution in [3.63, 3.8) is 0 Å². The van der Waals surface area contributed by atoms with Crippen LogP contribution in [0.3, 0.4) is 0 Å². The summed E-state index contributed by atoms with van der Waals surface area (Å²) in [7, 11) is 0. The van der Waals surface area contributed by atoms with Crippen molar-refractivity contribution in [2.45, 2.75) is 58.5 Å². The lowest BCUT2D eigenvalue weighted by atomic mass is 10.1. The smallest absolute Gasteiger partial charge is 0.245 e. The quantitative estimate of drug-likeness (QED) is 0.696. The normalized spacial score (nSPS) is 21.1. The Balaban J connectivity index is 1.54. The van der Waals surface area contributed by atoms with E-state index >= 15 is 0 Å². The zero-order chi connectivity index (χ0) is 19.6. The first-order valence-corrected chi connectivity index (χ1v) is 9.55. The fourth-order valence-corrected chi connectivity index (χ4v) is 3.47. The summed E-state index contributed by atoms with van der Waals surface area (Å²) < 4.78 is 5.17. The van der Waals surface area contributed by atoms with Gasteiger partial charge in [-0.15, -0.1) is 0 Å². The molecule has 9 heteroatoms. The Morgan fingerprint density at radius 1 is 1.15 bits per heavy atom. The van der Waals surface area contributed by atoms with E-state index in [1.807, 2.05) is 18.7 Å². The van der Waals surface area contributed by atoms with Gasteiger partial charge in [0.15, 0.2) is 5.82 Å². The number of rotatable bonds is 7. The number of carbonyl (C=O) groups is 3. The molecule has 3 heterocycles. The predicted octanol–water partition coefficient (Wildman–Crippen LogP) is 0.765. The molecule has 0 radical (unpaired) electrons. The van der Waals surface area contributed by atoms with Gasteiger partial charge in [-0.05, 0) is 19.8 Å². The van der Waals surface area contributed by atoms with E-state index in [1.54, 1.807) is 11.8 Å². The van der Waals surface area contributed by atoms with Crippen LogP contribution in [0.5, 0.6) is 0 Å². The molecule has 9 nitrogen and oxygen atoms in total. The number of aromatic nitrogens is 2. The highest BCUT2D eigenvalue weighted by Crippen LogP contribution is 2.18. The Bertz CT molecular complexity index is 716. The van der Waals surface area contributed by atoms with Crippen molar-refractivity contribution >= 4 is 17.7 Å². The average molecular weight is 377 g/mol. The summed E-state index contributed by atoms with van der Waals surface area (Å²) >= 11 is 0. The van der Waals surface area contributed by atoms with Gasteiger partial charge in [-0.1, -0.05) is 19.0 Å². The molecule has 2 aliphatic rings. The number of piperazine rings is 1. The summed E-state index contributed by atoms with van der Waals surface area (Å²) in [4.78, 5) is 46.1. The molecule has 1 aromatic heterocycles. The molecule has 0 unspecified atom stereocenters. The number of amides is 3. The molecular formula is C18H27N5O4. The van der Waals surface area contributed by atoms with Crippen molar-refractivity contribution < 1.29 is 18.9 Å². The Morgan fingerprint density at radius 2 is 1.89 bits per heavy atom. The lowest BCUT2D eigenvalue weighted by Crippen LogP contribution is -2.58. The number of likely N-dealkylation sites (tertiary alicyclic amines) is 1. The van der Waals surface area contributed by atoms with Gasteiger partial charge in [-0.3, -0.25) is 14.4 Å². The van der Waals surface area contributed by atoms with Crippen LogP contribution >= 0.6 is 0 Å². The Morgan fingerprint density at radius 3 is 2.52 bits per heavy atom. The molecule has 1 aromatic rings. The van der Waals surface area contributed by atoms with E-state index in [-0.39, 0.29) is 36.7 Å². The van der Waals surface area contributed by atoms with Crippen LogP contribution in [0.15, 0.2) is 4.52 Å². The van der Waals surface area contributed by atoms with Crippen molar-refractivity contribution in [1.29, 1.82) is 0 Å². The highest BCUT2D eigenvalue weighted by Gasteiger charge is 2.37. The maximum atomic E-state index is 12.7. The monoisotopic (exact) mass is 377 g/mol. The maximum absolute atomic E-state index is 12.7. The summed E-state index contributed by atoms with van der Waals surface area (Å²) in [5.41, 5.74) is 0. The molecule has 148 valence electrons. The first-order valence-electron chi connectivity index (χ1n) is 9.55. The summed E-state index contributed by atoms with van der Waals surface area (Å²) in [5, 5.41) is 3.90. The summed E-state index contributed by atoms with van der Waals surface area (Å²) in [6, 6.07) is -0.569. The molecule has 0 bridgehead atoms. The highest BCUT2D eigenvalue weighted by atomic mass is 16.5. The number of hydrogen-bond acceptors (Lipinski definition) is 6. The van der Waals surface area contributed by atoms with Gasteiger partial charge in [0.25, 0.3) is 0 Å². The van der Waals surface area contributed by atoms with Crippen molar-refractivity contribution in [3.05, 3.63) is 11.7 Å². The highest BCUT2D eigenvalue weighted by molar-refractivity contribution is 5.94. The minimum atomic E-state index is -0.569. The Hall–Kier alpha value is -2.45. The predicted molar refractivity (Wildman–Crippen MR) is 95.4 cm³/mol. The molecule has 2 aliphatic heterocycles. The van der Waals surface area contributed by atoms with Gasteiger partial charge in [0, 0.05) is 32.0 Å². The molecule has 0 aromatic carbocycles. The first kappa shape index (κ1) is 19.3. The van der Waals surface area contributed by atoms with E-state index in [4.69, 9.17) is 4.52 Å². The second-order valence-corrected chi connectivity index (χ2v) is 7.50. The van der Waals surface area contributed by atoms with Crippen molar-refractivity contribution in [1.82, 2.24) is 24.8 Å². The third-order valence-corrected chi connectivity index (χ3v) is 5.10. The van der Waals surface area contributed by atoms with Crippen LogP contribution in [0.25, 0.3) is 0 Å². The molecule has 27 heavy (non-hydrogen) atoms. The zero-order valence-corrected chi connectivity index (χ0v) is 16.2. The topological polar surface area (TPSA) is 99.9 Å². The summed E-state index contributed by atoms with van der Waals surface area (Å²) in [6.45, 7) is 7.73. The molecule has 2 fully saturated rings. The standard InChI is InChI=1S/C18H27N5O4/c1-12(2)17-19-14(20-27-17)10-23-13(3)18(26)22(11-16(23)25)9-5-8-21-7-4-6-15(21)24/h12-13H,4-11H2,1-3H3/t13-/m0/s1. The molecule has 0 N–H and O–H groups in total. The van der Waals surface area contributed by atoms with Gasteiger partial charge in [-0.2, -0.15) is 4.98 Å². The molecule has 0 saturated carbocycles. The molecule has 0 spiro atoms. The zero-order valence-electron chi connectivity index (χ0n) is 16.2. The lowest BCUT2D eigenvalue weighted by molar-refractivity contribution is -0.155. The molecule has 1 atom stereocenters. The second kappa shape index (κ2) is 8.06. The second-order valence-electron chi connectivity index (χ2n) is 7.50. The van der Waals surface area contributed by atoms with Crippen LogP contribution in [0.4, 0.5) is 0 Å². The minimum absolute atomic E-state index is 0.0476. The van der Waals surface area contributed by atoms with Crippen LogP contribution in [0.2, 0.25) is 0 Å². The van der Waals surface area contributed by atoms with Crippen molar-refractivity contribution in [3.8, 4) is 0 Å². The average Bonchev–Trinajstić information content (AvgIpc) is 3.25. The van der Waals surface area contributed by atoms with E-state index in [0.29, 0.717) is 37.6 Å². The summed E-state index contributed by atoms with van der Waals surface area (Å²) in [6.07, 6.45) is 2.20. The van der Waals surface area contributed by atoms with Gasteiger partial charge >= 0.3 is 0 Å². The van der Waals surface area contributed by atoms with Gasteiger partial charge in [0.1, 0.15) is 6.04 Å². The van der Waals surface area contributed by atoms with Crippen LogP contribution in [-0.2, 0) is 20.9 Å². The molecule has 3 amide bonds. The van der Waals surface area contributed by atoms with Crippen molar-refractivity contribution in [2.24, 2.45) is 0 Å².